The molecule has 0 bridgehead atoms. The molecule has 1 unspecified atom stereocenters. The minimum absolute atomic E-state index is 0. The zero-order valence-corrected chi connectivity index (χ0v) is 21.4. The van der Waals surface area contributed by atoms with Crippen LogP contribution in [0.4, 0.5) is 5.69 Å². The Morgan fingerprint density at radius 1 is 0.912 bits per heavy atom. The number of nitro benzene ring substituents is 1. The van der Waals surface area contributed by atoms with E-state index in [0.29, 0.717) is 42.0 Å². The molecule has 1 aliphatic rings. The van der Waals surface area contributed by atoms with Crippen molar-refractivity contribution in [2.24, 2.45) is 0 Å². The molecule has 1 atom stereocenters. The summed E-state index contributed by atoms with van der Waals surface area (Å²) in [5.74, 6) is 0. The number of halogens is 3. The molecule has 0 amide bonds. The summed E-state index contributed by atoms with van der Waals surface area (Å²) in [4.78, 5) is 15.2. The fourth-order valence-corrected chi connectivity index (χ4v) is 3.95. The van der Waals surface area contributed by atoms with Gasteiger partial charge in [-0.25, -0.2) is 0 Å². The van der Waals surface area contributed by atoms with E-state index in [1.54, 1.807) is 12.1 Å². The molecule has 178 valence electrons. The Kier molecular flexibility index (Phi) is 9.36. The third kappa shape index (κ3) is 6.96. The maximum absolute atomic E-state index is 11.3. The Balaban J connectivity index is 0.00000324. The Hall–Kier alpha value is -2.58. The molecule has 0 fully saturated rings. The van der Waals surface area contributed by atoms with E-state index < -0.39 is 0 Å². The van der Waals surface area contributed by atoms with Crippen molar-refractivity contribution in [2.45, 2.75) is 19.3 Å². The van der Waals surface area contributed by atoms with Crippen LogP contribution in [0.5, 0.6) is 0 Å². The first-order valence-corrected chi connectivity index (χ1v) is 11.2. The first kappa shape index (κ1) is 26.0. The molecule has 34 heavy (non-hydrogen) atoms. The molecule has 0 saturated heterocycles. The third-order valence-corrected chi connectivity index (χ3v) is 5.92. The van der Waals surface area contributed by atoms with Crippen LogP contribution >= 0.6 is 40.2 Å². The van der Waals surface area contributed by atoms with Crippen LogP contribution in [0, 0.1) is 10.1 Å². The molecule has 6 nitrogen and oxygen atoms in total. The van der Waals surface area contributed by atoms with Crippen molar-refractivity contribution >= 4 is 45.9 Å². The van der Waals surface area contributed by atoms with Gasteiger partial charge in [0.1, 0.15) is 6.10 Å². The summed E-state index contributed by atoms with van der Waals surface area (Å²) < 4.78 is 6.29. The van der Waals surface area contributed by atoms with Crippen molar-refractivity contribution in [3.63, 3.8) is 0 Å². The molecule has 4 rings (SSSR count). The number of nitrogens with zero attached hydrogens (tertiary/aromatic N) is 3. The van der Waals surface area contributed by atoms with Gasteiger partial charge in [0.25, 0.3) is 5.69 Å². The van der Waals surface area contributed by atoms with Crippen LogP contribution in [0.3, 0.4) is 0 Å². The Morgan fingerprint density at radius 3 is 2.21 bits per heavy atom. The molecule has 0 spiro atoms. The smallest absolute Gasteiger partial charge is 0.274 e. The highest BCUT2D eigenvalue weighted by atomic mass is 79.9. The van der Waals surface area contributed by atoms with E-state index in [9.17, 15) is 10.1 Å². The summed E-state index contributed by atoms with van der Waals surface area (Å²) in [5, 5.41) is 12.7. The lowest BCUT2D eigenvalue weighted by atomic mass is 10.1. The molecule has 1 heterocycles. The molecule has 1 aliphatic heterocycles. The van der Waals surface area contributed by atoms with E-state index in [1.807, 2.05) is 71.9 Å². The van der Waals surface area contributed by atoms with Gasteiger partial charge >= 0.3 is 0 Å². The van der Waals surface area contributed by atoms with Crippen LogP contribution < -0.4 is 0 Å². The highest BCUT2D eigenvalue weighted by Gasteiger charge is 2.22. The number of nitro groups is 1. The molecule has 0 aliphatic carbocycles. The summed E-state index contributed by atoms with van der Waals surface area (Å²) in [5.41, 5.74) is 2.88. The van der Waals surface area contributed by atoms with Gasteiger partial charge in [0.05, 0.1) is 24.7 Å². The summed E-state index contributed by atoms with van der Waals surface area (Å²) in [6.45, 7) is 2.14. The van der Waals surface area contributed by atoms with Crippen LogP contribution in [0.1, 0.15) is 22.8 Å². The minimum atomic E-state index is -0.339. The highest BCUT2D eigenvalue weighted by Crippen LogP contribution is 2.26. The van der Waals surface area contributed by atoms with E-state index in [2.05, 4.69) is 4.90 Å². The Morgan fingerprint density at radius 2 is 1.53 bits per heavy atom. The van der Waals surface area contributed by atoms with Crippen LogP contribution in [-0.2, 0) is 17.9 Å². The molecule has 9 heteroatoms. The van der Waals surface area contributed by atoms with Gasteiger partial charge in [0.15, 0.2) is 0 Å². The van der Waals surface area contributed by atoms with Crippen molar-refractivity contribution < 1.29 is 9.66 Å². The lowest BCUT2D eigenvalue weighted by molar-refractivity contribution is -0.385. The molecular weight excluding hydrogens is 541 g/mol. The summed E-state index contributed by atoms with van der Waals surface area (Å²) in [7, 11) is 0. The highest BCUT2D eigenvalue weighted by molar-refractivity contribution is 8.93. The fraction of sp³-hybridized carbons (Fsp3) is 0.200. The average Bonchev–Trinajstić information content (AvgIpc) is 3.25. The Bertz CT molecular complexity index is 1130. The normalized spacial score (nSPS) is 13.6. The molecular formula is C25H24BrCl2N3O3. The topological polar surface area (TPSA) is 58.9 Å². The molecule has 0 saturated carbocycles. The van der Waals surface area contributed by atoms with Gasteiger partial charge in [0.2, 0.25) is 0 Å². The Labute approximate surface area is 219 Å². The predicted molar refractivity (Wildman–Crippen MR) is 140 cm³/mol. The molecule has 3 aromatic rings. The summed E-state index contributed by atoms with van der Waals surface area (Å²) >= 11 is 12.1. The zero-order chi connectivity index (χ0) is 23.2. The van der Waals surface area contributed by atoms with Crippen LogP contribution in [0.25, 0.3) is 0 Å². The van der Waals surface area contributed by atoms with Crippen LogP contribution in [0.2, 0.25) is 10.0 Å². The zero-order valence-electron chi connectivity index (χ0n) is 18.2. The largest absolute Gasteiger partial charge is 0.367 e. The predicted octanol–water partition coefficient (Wildman–Crippen LogP) is 6.98. The van der Waals surface area contributed by atoms with Crippen molar-refractivity contribution in [1.82, 2.24) is 9.80 Å². The minimum Gasteiger partial charge on any atom is -0.367 e. The lowest BCUT2D eigenvalue weighted by Crippen LogP contribution is -2.29. The third-order valence-electron chi connectivity index (χ3n) is 5.42. The number of ether oxygens (including phenoxy) is 1. The number of para-hydroxylation sites is 1. The van der Waals surface area contributed by atoms with Gasteiger partial charge in [-0.2, -0.15) is 0 Å². The monoisotopic (exact) mass is 563 g/mol. The van der Waals surface area contributed by atoms with Crippen LogP contribution in [0.15, 0.2) is 85.2 Å². The van der Waals surface area contributed by atoms with Gasteiger partial charge in [0, 0.05) is 40.6 Å². The van der Waals surface area contributed by atoms with Crippen LogP contribution in [-0.4, -0.2) is 27.9 Å². The van der Waals surface area contributed by atoms with Gasteiger partial charge < -0.3 is 14.5 Å². The van der Waals surface area contributed by atoms with Crippen molar-refractivity contribution in [2.75, 3.05) is 13.2 Å². The number of hydrogen-bond donors (Lipinski definition) is 0. The number of benzene rings is 3. The van der Waals surface area contributed by atoms with Gasteiger partial charge in [-0.05, 0) is 35.4 Å². The van der Waals surface area contributed by atoms with Gasteiger partial charge in [-0.3, -0.25) is 10.1 Å². The first-order valence-electron chi connectivity index (χ1n) is 10.5. The van der Waals surface area contributed by atoms with Gasteiger partial charge in [-0.1, -0.05) is 65.7 Å². The quantitative estimate of drug-likeness (QED) is 0.207. The SMILES string of the molecule is Br.O=[N+]([O-])c1ccccc1CN1C=CN(CC(OCc2ccc(Cl)cc2)c2ccc(Cl)cc2)C1. The van der Waals surface area contributed by atoms with E-state index in [-0.39, 0.29) is 33.7 Å². The van der Waals surface area contributed by atoms with Crippen molar-refractivity contribution in [3.8, 4) is 0 Å². The number of hydrogen-bond acceptors (Lipinski definition) is 5. The first-order chi connectivity index (χ1) is 16.0. The maximum Gasteiger partial charge on any atom is 0.274 e. The standard InChI is InChI=1S/C25H23Cl2N3O3.BrH/c26-22-9-5-19(6-10-22)17-33-25(20-7-11-23(27)12-8-20)16-29-14-13-28(18-29)15-21-3-1-2-4-24(21)30(31)32;/h1-14,25H,15-18H2;1H. The maximum atomic E-state index is 11.3. The second kappa shape index (κ2) is 12.2. The van der Waals surface area contributed by atoms with E-state index in [4.69, 9.17) is 27.9 Å². The molecule has 3 aromatic carbocycles. The lowest BCUT2D eigenvalue weighted by Gasteiger charge is -2.26. The average molecular weight is 565 g/mol. The second-order valence-corrected chi connectivity index (χ2v) is 8.69. The van der Waals surface area contributed by atoms with E-state index in [1.165, 1.54) is 6.07 Å². The number of rotatable bonds is 9. The molecule has 0 N–H and O–H groups in total. The summed E-state index contributed by atoms with van der Waals surface area (Å²) in [6.07, 6.45) is 3.76. The van der Waals surface area contributed by atoms with E-state index >= 15 is 0 Å². The van der Waals surface area contributed by atoms with E-state index in [0.717, 1.165) is 11.1 Å². The van der Waals surface area contributed by atoms with Gasteiger partial charge in [-0.15, -0.1) is 17.0 Å². The fourth-order valence-electron chi connectivity index (χ4n) is 3.70. The summed E-state index contributed by atoms with van der Waals surface area (Å²) in [6, 6.07) is 22.1. The second-order valence-electron chi connectivity index (χ2n) is 7.82. The van der Waals surface area contributed by atoms with Crippen molar-refractivity contribution in [3.05, 3.63) is 122 Å². The molecule has 0 radical (unpaired) electrons. The molecule has 0 aromatic heterocycles. The van der Waals surface area contributed by atoms with Crippen molar-refractivity contribution in [1.29, 1.82) is 0 Å².